The molecule has 0 aliphatic rings. The summed E-state index contributed by atoms with van der Waals surface area (Å²) in [4.78, 5) is 19.8. The van der Waals surface area contributed by atoms with Gasteiger partial charge in [0.15, 0.2) is 0 Å². The summed E-state index contributed by atoms with van der Waals surface area (Å²) in [6.45, 7) is 0.575. The van der Waals surface area contributed by atoms with E-state index >= 15 is 0 Å². The molecule has 0 aromatic carbocycles. The predicted molar refractivity (Wildman–Crippen MR) is 67.8 cm³/mol. The van der Waals surface area contributed by atoms with E-state index in [9.17, 15) is 4.79 Å². The molecule has 100 valence electrons. The Kier molecular flexibility index (Phi) is 4.44. The van der Waals surface area contributed by atoms with Gasteiger partial charge in [-0.2, -0.15) is 5.10 Å². The van der Waals surface area contributed by atoms with Crippen molar-refractivity contribution >= 4 is 5.91 Å². The molecule has 19 heavy (non-hydrogen) atoms. The highest BCUT2D eigenvalue weighted by atomic mass is 16.5. The molecule has 2 N–H and O–H groups in total. The second-order valence-corrected chi connectivity index (χ2v) is 3.88. The van der Waals surface area contributed by atoms with Gasteiger partial charge in [-0.3, -0.25) is 9.89 Å². The van der Waals surface area contributed by atoms with Crippen molar-refractivity contribution in [3.63, 3.8) is 0 Å². The van der Waals surface area contributed by atoms with Crippen molar-refractivity contribution in [1.29, 1.82) is 0 Å². The number of nitrogens with zero attached hydrogens (tertiary/aromatic N) is 3. The minimum absolute atomic E-state index is 0.146. The number of rotatable bonds is 6. The molecular formula is C12H15N5O2. The Balaban J connectivity index is 1.74. The maximum Gasteiger partial charge on any atom is 0.252 e. The van der Waals surface area contributed by atoms with E-state index in [1.165, 1.54) is 19.6 Å². The molecule has 2 aromatic rings. The monoisotopic (exact) mass is 261 g/mol. The van der Waals surface area contributed by atoms with Crippen LogP contribution in [0.2, 0.25) is 0 Å². The van der Waals surface area contributed by atoms with E-state index in [1.807, 2.05) is 0 Å². The van der Waals surface area contributed by atoms with E-state index in [1.54, 1.807) is 12.1 Å². The SMILES string of the molecule is COc1ccc(C(=O)NCCCc2ncn[nH]2)cn1. The van der Waals surface area contributed by atoms with Gasteiger partial charge in [-0.15, -0.1) is 0 Å². The summed E-state index contributed by atoms with van der Waals surface area (Å²) in [5, 5.41) is 9.35. The smallest absolute Gasteiger partial charge is 0.252 e. The molecular weight excluding hydrogens is 246 g/mol. The van der Waals surface area contributed by atoms with Gasteiger partial charge in [0.05, 0.1) is 12.7 Å². The molecule has 2 heterocycles. The summed E-state index contributed by atoms with van der Waals surface area (Å²) in [6.07, 6.45) is 4.51. The summed E-state index contributed by atoms with van der Waals surface area (Å²) < 4.78 is 4.93. The molecule has 0 unspecified atom stereocenters. The second-order valence-electron chi connectivity index (χ2n) is 3.88. The number of amides is 1. The summed E-state index contributed by atoms with van der Waals surface area (Å²) in [6, 6.07) is 3.33. The van der Waals surface area contributed by atoms with E-state index in [0.29, 0.717) is 18.0 Å². The van der Waals surface area contributed by atoms with Gasteiger partial charge in [-0.05, 0) is 12.5 Å². The molecule has 7 nitrogen and oxygen atoms in total. The molecule has 2 rings (SSSR count). The highest BCUT2D eigenvalue weighted by Gasteiger charge is 2.05. The fourth-order valence-corrected chi connectivity index (χ4v) is 1.55. The number of H-pyrrole nitrogens is 1. The molecule has 7 heteroatoms. The maximum absolute atomic E-state index is 11.8. The summed E-state index contributed by atoms with van der Waals surface area (Å²) >= 11 is 0. The molecule has 0 saturated heterocycles. The largest absolute Gasteiger partial charge is 0.481 e. The number of hydrogen-bond donors (Lipinski definition) is 2. The lowest BCUT2D eigenvalue weighted by Gasteiger charge is -2.04. The van der Waals surface area contributed by atoms with E-state index in [0.717, 1.165) is 18.7 Å². The topological polar surface area (TPSA) is 92.8 Å². The lowest BCUT2D eigenvalue weighted by molar-refractivity contribution is 0.0952. The molecule has 0 bridgehead atoms. The Morgan fingerprint density at radius 3 is 2.95 bits per heavy atom. The minimum atomic E-state index is -0.146. The number of ether oxygens (including phenoxy) is 1. The molecule has 0 spiro atoms. The Labute approximate surface area is 110 Å². The normalized spacial score (nSPS) is 10.2. The average molecular weight is 261 g/mol. The number of carbonyl (C=O) groups is 1. The number of nitrogens with one attached hydrogen (secondary N) is 2. The third-order valence-electron chi connectivity index (χ3n) is 2.55. The lowest BCUT2D eigenvalue weighted by Crippen LogP contribution is -2.24. The summed E-state index contributed by atoms with van der Waals surface area (Å²) in [5.41, 5.74) is 0.514. The number of carbonyl (C=O) groups excluding carboxylic acids is 1. The van der Waals surface area contributed by atoms with Crippen molar-refractivity contribution in [3.8, 4) is 5.88 Å². The second kappa shape index (κ2) is 6.48. The van der Waals surface area contributed by atoms with Gasteiger partial charge in [-0.25, -0.2) is 9.97 Å². The van der Waals surface area contributed by atoms with Crippen molar-refractivity contribution in [3.05, 3.63) is 36.0 Å². The number of aromatic amines is 1. The third-order valence-corrected chi connectivity index (χ3v) is 2.55. The van der Waals surface area contributed by atoms with Crippen molar-refractivity contribution < 1.29 is 9.53 Å². The Hall–Kier alpha value is -2.44. The van der Waals surface area contributed by atoms with Crippen LogP contribution in [0.25, 0.3) is 0 Å². The van der Waals surface area contributed by atoms with Crippen LogP contribution in [0.5, 0.6) is 5.88 Å². The summed E-state index contributed by atoms with van der Waals surface area (Å²) in [5.74, 6) is 1.16. The van der Waals surface area contributed by atoms with Crippen molar-refractivity contribution in [2.24, 2.45) is 0 Å². The molecule has 2 aromatic heterocycles. The first-order chi connectivity index (χ1) is 9.29. The van der Waals surface area contributed by atoms with Crippen LogP contribution < -0.4 is 10.1 Å². The van der Waals surface area contributed by atoms with Crippen LogP contribution in [0.4, 0.5) is 0 Å². The molecule has 0 fully saturated rings. The van der Waals surface area contributed by atoms with E-state index < -0.39 is 0 Å². The maximum atomic E-state index is 11.8. The van der Waals surface area contributed by atoms with Crippen LogP contribution in [0, 0.1) is 0 Å². The third kappa shape index (κ3) is 3.77. The molecule has 0 radical (unpaired) electrons. The molecule has 0 aliphatic carbocycles. The first kappa shape index (κ1) is 13.0. The van der Waals surface area contributed by atoms with Crippen LogP contribution in [0.3, 0.4) is 0 Å². The number of pyridine rings is 1. The van der Waals surface area contributed by atoms with Crippen LogP contribution >= 0.6 is 0 Å². The van der Waals surface area contributed by atoms with E-state index in [4.69, 9.17) is 4.74 Å². The standard InChI is InChI=1S/C12H15N5O2/c1-19-11-5-4-9(7-14-11)12(18)13-6-2-3-10-15-8-16-17-10/h4-5,7-8H,2-3,6H2,1H3,(H,13,18)(H,15,16,17). The van der Waals surface area contributed by atoms with E-state index in [-0.39, 0.29) is 5.91 Å². The van der Waals surface area contributed by atoms with Gasteiger partial charge in [-0.1, -0.05) is 0 Å². The molecule has 0 saturated carbocycles. The fraction of sp³-hybridized carbons (Fsp3) is 0.333. The highest BCUT2D eigenvalue weighted by Crippen LogP contribution is 2.06. The fourth-order valence-electron chi connectivity index (χ4n) is 1.55. The van der Waals surface area contributed by atoms with Gasteiger partial charge in [0.1, 0.15) is 12.2 Å². The lowest BCUT2D eigenvalue weighted by atomic mass is 10.2. The Morgan fingerprint density at radius 1 is 1.42 bits per heavy atom. The Bertz CT molecular complexity index is 509. The first-order valence-corrected chi connectivity index (χ1v) is 5.92. The van der Waals surface area contributed by atoms with Gasteiger partial charge in [0.2, 0.25) is 5.88 Å². The minimum Gasteiger partial charge on any atom is -0.481 e. The zero-order valence-electron chi connectivity index (χ0n) is 10.6. The van der Waals surface area contributed by atoms with Gasteiger partial charge in [0, 0.05) is 25.2 Å². The molecule has 1 amide bonds. The first-order valence-electron chi connectivity index (χ1n) is 5.92. The Morgan fingerprint density at radius 2 is 2.32 bits per heavy atom. The molecule has 0 aliphatic heterocycles. The van der Waals surface area contributed by atoms with Crippen LogP contribution in [0.1, 0.15) is 22.6 Å². The van der Waals surface area contributed by atoms with Crippen molar-refractivity contribution in [1.82, 2.24) is 25.5 Å². The number of aromatic nitrogens is 4. The quantitative estimate of drug-likeness (QED) is 0.742. The van der Waals surface area contributed by atoms with Crippen LogP contribution in [0.15, 0.2) is 24.7 Å². The zero-order valence-corrected chi connectivity index (χ0v) is 10.6. The zero-order chi connectivity index (χ0) is 13.5. The van der Waals surface area contributed by atoms with Crippen molar-refractivity contribution in [2.75, 3.05) is 13.7 Å². The van der Waals surface area contributed by atoms with Gasteiger partial charge >= 0.3 is 0 Å². The van der Waals surface area contributed by atoms with Gasteiger partial charge in [0.25, 0.3) is 5.91 Å². The van der Waals surface area contributed by atoms with Crippen LogP contribution in [-0.2, 0) is 6.42 Å². The average Bonchev–Trinajstić information content (AvgIpc) is 2.96. The van der Waals surface area contributed by atoms with Crippen LogP contribution in [-0.4, -0.2) is 39.7 Å². The molecule has 0 atom stereocenters. The number of hydrogen-bond acceptors (Lipinski definition) is 5. The van der Waals surface area contributed by atoms with E-state index in [2.05, 4.69) is 25.5 Å². The predicted octanol–water partition coefficient (Wildman–Crippen LogP) is 0.571. The van der Waals surface area contributed by atoms with Gasteiger partial charge < -0.3 is 10.1 Å². The number of aryl methyl sites for hydroxylation is 1. The highest BCUT2D eigenvalue weighted by molar-refractivity contribution is 5.93. The summed E-state index contributed by atoms with van der Waals surface area (Å²) in [7, 11) is 1.53. The van der Waals surface area contributed by atoms with Crippen molar-refractivity contribution in [2.45, 2.75) is 12.8 Å². The number of methoxy groups -OCH3 is 1.